The van der Waals surface area contributed by atoms with Crippen LogP contribution in [0.25, 0.3) is 0 Å². The van der Waals surface area contributed by atoms with Gasteiger partial charge in [0.2, 0.25) is 0 Å². The number of amides is 2. The highest BCUT2D eigenvalue weighted by Crippen LogP contribution is 2.19. The molecule has 6 heteroatoms. The molecule has 2 saturated heterocycles. The monoisotopic (exact) mass is 268 g/mol. The molecule has 2 amide bonds. The predicted molar refractivity (Wildman–Crippen MR) is 67.4 cm³/mol. The smallest absolute Gasteiger partial charge is 0.326 e. The zero-order valence-electron chi connectivity index (χ0n) is 11.0. The first kappa shape index (κ1) is 13.8. The molecule has 0 aromatic heterocycles. The van der Waals surface area contributed by atoms with E-state index >= 15 is 0 Å². The highest BCUT2D eigenvalue weighted by molar-refractivity contribution is 6.35. The molecule has 2 rings (SSSR count). The zero-order chi connectivity index (χ0) is 13.8. The van der Waals surface area contributed by atoms with E-state index in [-0.39, 0.29) is 0 Å². The number of carboxylic acid groups (broad SMARTS) is 1. The second-order valence-electron chi connectivity index (χ2n) is 5.20. The maximum absolute atomic E-state index is 12.2. The van der Waals surface area contributed by atoms with Gasteiger partial charge < -0.3 is 14.9 Å². The van der Waals surface area contributed by atoms with Crippen LogP contribution in [0.15, 0.2) is 0 Å². The Kier molecular flexibility index (Phi) is 4.39. The van der Waals surface area contributed by atoms with Crippen LogP contribution in [0, 0.1) is 0 Å². The van der Waals surface area contributed by atoms with Crippen molar-refractivity contribution < 1.29 is 19.5 Å². The van der Waals surface area contributed by atoms with E-state index in [1.807, 2.05) is 0 Å². The molecule has 2 fully saturated rings. The number of carbonyl (C=O) groups excluding carboxylic acids is 2. The lowest BCUT2D eigenvalue weighted by atomic mass is 10.0. The first-order valence-corrected chi connectivity index (χ1v) is 6.94. The molecule has 1 atom stereocenters. The van der Waals surface area contributed by atoms with Crippen LogP contribution in [-0.4, -0.2) is 58.4 Å². The van der Waals surface area contributed by atoms with Gasteiger partial charge in [-0.15, -0.1) is 0 Å². The normalized spacial score (nSPS) is 24.1. The summed E-state index contributed by atoms with van der Waals surface area (Å²) in [5.41, 5.74) is 0. The lowest BCUT2D eigenvalue weighted by molar-refractivity contribution is -0.159. The lowest BCUT2D eigenvalue weighted by Crippen LogP contribution is -2.54. The summed E-state index contributed by atoms with van der Waals surface area (Å²) < 4.78 is 0. The number of nitrogens with zero attached hydrogens (tertiary/aromatic N) is 2. The van der Waals surface area contributed by atoms with Gasteiger partial charge in [-0.2, -0.15) is 0 Å². The Bertz CT molecular complexity index is 377. The molecule has 2 aliphatic heterocycles. The Morgan fingerprint density at radius 2 is 1.47 bits per heavy atom. The molecule has 0 spiro atoms. The predicted octanol–water partition coefficient (Wildman–Crippen LogP) is 0.465. The van der Waals surface area contributed by atoms with Crippen LogP contribution in [0.4, 0.5) is 0 Å². The molecule has 0 aromatic rings. The third kappa shape index (κ3) is 3.05. The van der Waals surface area contributed by atoms with Crippen molar-refractivity contribution in [1.82, 2.24) is 9.80 Å². The van der Waals surface area contributed by atoms with E-state index in [0.717, 1.165) is 32.1 Å². The van der Waals surface area contributed by atoms with Crippen LogP contribution in [0.3, 0.4) is 0 Å². The van der Waals surface area contributed by atoms with Gasteiger partial charge in [0.05, 0.1) is 0 Å². The van der Waals surface area contributed by atoms with E-state index in [0.29, 0.717) is 26.1 Å². The second-order valence-corrected chi connectivity index (χ2v) is 5.20. The summed E-state index contributed by atoms with van der Waals surface area (Å²) in [5, 5.41) is 9.13. The van der Waals surface area contributed by atoms with Crippen LogP contribution in [0.5, 0.6) is 0 Å². The van der Waals surface area contributed by atoms with E-state index in [9.17, 15) is 14.4 Å². The summed E-state index contributed by atoms with van der Waals surface area (Å²) in [6.07, 6.45) is 4.91. The Labute approximate surface area is 112 Å². The van der Waals surface area contributed by atoms with Gasteiger partial charge in [0.1, 0.15) is 6.04 Å². The van der Waals surface area contributed by atoms with Gasteiger partial charge >= 0.3 is 17.8 Å². The molecule has 0 saturated carbocycles. The number of hydrogen-bond donors (Lipinski definition) is 1. The van der Waals surface area contributed by atoms with Gasteiger partial charge in [-0.3, -0.25) is 9.59 Å². The number of carboxylic acids is 1. The standard InChI is InChI=1S/C13H20N2O4/c16-11(14-7-3-1-4-8-14)12(17)15-9-5-2-6-10(15)13(18)19/h10H,1-9H2,(H,18,19). The average Bonchev–Trinajstić information content (AvgIpc) is 2.46. The minimum absolute atomic E-state index is 0.370. The molecular formula is C13H20N2O4. The number of hydrogen-bond acceptors (Lipinski definition) is 3. The molecule has 1 N–H and O–H groups in total. The van der Waals surface area contributed by atoms with Gasteiger partial charge in [-0.1, -0.05) is 0 Å². The SMILES string of the molecule is O=C(O)C1CCCCN1C(=O)C(=O)N1CCCCC1. The number of rotatable bonds is 1. The van der Waals surface area contributed by atoms with Crippen molar-refractivity contribution in [3.05, 3.63) is 0 Å². The number of aliphatic carboxylic acids is 1. The van der Waals surface area contributed by atoms with Crippen molar-refractivity contribution in [3.63, 3.8) is 0 Å². The summed E-state index contributed by atoms with van der Waals surface area (Å²) >= 11 is 0. The van der Waals surface area contributed by atoms with Crippen LogP contribution >= 0.6 is 0 Å². The molecule has 106 valence electrons. The van der Waals surface area contributed by atoms with Crippen molar-refractivity contribution in [2.75, 3.05) is 19.6 Å². The molecule has 0 aliphatic carbocycles. The molecule has 0 aromatic carbocycles. The molecule has 2 heterocycles. The third-order valence-electron chi connectivity index (χ3n) is 3.87. The number of piperidine rings is 2. The second kappa shape index (κ2) is 6.04. The highest BCUT2D eigenvalue weighted by atomic mass is 16.4. The maximum atomic E-state index is 12.2. The first-order chi connectivity index (χ1) is 9.11. The fourth-order valence-electron chi connectivity index (χ4n) is 2.79. The van der Waals surface area contributed by atoms with Crippen molar-refractivity contribution in [2.24, 2.45) is 0 Å². The summed E-state index contributed by atoms with van der Waals surface area (Å²) in [4.78, 5) is 38.2. The maximum Gasteiger partial charge on any atom is 0.326 e. The molecule has 0 bridgehead atoms. The molecule has 2 aliphatic rings. The third-order valence-corrected chi connectivity index (χ3v) is 3.87. The Hall–Kier alpha value is -1.59. The molecule has 0 radical (unpaired) electrons. The Balaban J connectivity index is 2.03. The first-order valence-electron chi connectivity index (χ1n) is 6.94. The average molecular weight is 268 g/mol. The van der Waals surface area contributed by atoms with Crippen molar-refractivity contribution >= 4 is 17.8 Å². The van der Waals surface area contributed by atoms with Crippen LogP contribution in [0.2, 0.25) is 0 Å². The van der Waals surface area contributed by atoms with Crippen molar-refractivity contribution in [2.45, 2.75) is 44.6 Å². The molecule has 6 nitrogen and oxygen atoms in total. The molecule has 1 unspecified atom stereocenters. The van der Waals surface area contributed by atoms with Gasteiger partial charge in [0.25, 0.3) is 0 Å². The summed E-state index contributed by atoms with van der Waals surface area (Å²) in [7, 11) is 0. The van der Waals surface area contributed by atoms with Gasteiger partial charge in [0, 0.05) is 19.6 Å². The minimum atomic E-state index is -1.01. The number of likely N-dealkylation sites (tertiary alicyclic amines) is 2. The number of carbonyl (C=O) groups is 3. The van der Waals surface area contributed by atoms with Crippen molar-refractivity contribution in [3.8, 4) is 0 Å². The van der Waals surface area contributed by atoms with Crippen LogP contribution in [-0.2, 0) is 14.4 Å². The van der Waals surface area contributed by atoms with Gasteiger partial charge in [-0.25, -0.2) is 4.79 Å². The van der Waals surface area contributed by atoms with E-state index in [1.165, 1.54) is 4.90 Å². The van der Waals surface area contributed by atoms with Gasteiger partial charge in [-0.05, 0) is 38.5 Å². The Morgan fingerprint density at radius 1 is 0.842 bits per heavy atom. The van der Waals surface area contributed by atoms with E-state index in [4.69, 9.17) is 5.11 Å². The van der Waals surface area contributed by atoms with E-state index in [2.05, 4.69) is 0 Å². The van der Waals surface area contributed by atoms with E-state index < -0.39 is 23.8 Å². The van der Waals surface area contributed by atoms with Crippen LogP contribution < -0.4 is 0 Å². The van der Waals surface area contributed by atoms with Gasteiger partial charge in [0.15, 0.2) is 0 Å². The minimum Gasteiger partial charge on any atom is -0.480 e. The zero-order valence-corrected chi connectivity index (χ0v) is 11.0. The summed E-state index contributed by atoms with van der Waals surface area (Å²) in [6, 6.07) is -0.838. The fourth-order valence-corrected chi connectivity index (χ4v) is 2.79. The lowest BCUT2D eigenvalue weighted by Gasteiger charge is -2.34. The Morgan fingerprint density at radius 3 is 2.11 bits per heavy atom. The van der Waals surface area contributed by atoms with Crippen molar-refractivity contribution in [1.29, 1.82) is 0 Å². The fraction of sp³-hybridized carbons (Fsp3) is 0.769. The highest BCUT2D eigenvalue weighted by Gasteiger charge is 2.36. The van der Waals surface area contributed by atoms with Crippen LogP contribution in [0.1, 0.15) is 38.5 Å². The molecule has 19 heavy (non-hydrogen) atoms. The molecular weight excluding hydrogens is 248 g/mol. The topological polar surface area (TPSA) is 77.9 Å². The summed E-state index contributed by atoms with van der Waals surface area (Å²) in [6.45, 7) is 1.59. The largest absolute Gasteiger partial charge is 0.480 e. The summed E-state index contributed by atoms with van der Waals surface area (Å²) in [5.74, 6) is -2.19. The quantitative estimate of drug-likeness (QED) is 0.701. The van der Waals surface area contributed by atoms with E-state index in [1.54, 1.807) is 4.90 Å².